The van der Waals surface area contributed by atoms with Crippen LogP contribution < -0.4 is 0 Å². The fraction of sp³-hybridized carbons (Fsp3) is 0.250. The van der Waals surface area contributed by atoms with Crippen LogP contribution in [0, 0.1) is 5.41 Å². The zero-order valence-electron chi connectivity index (χ0n) is 13.8. The van der Waals surface area contributed by atoms with E-state index in [-0.39, 0.29) is 0 Å². The highest BCUT2D eigenvalue weighted by Crippen LogP contribution is 2.30. The van der Waals surface area contributed by atoms with Gasteiger partial charge in [-0.2, -0.15) is 0 Å². The van der Waals surface area contributed by atoms with E-state index in [2.05, 4.69) is 47.4 Å². The number of hydrogen-bond donors (Lipinski definition) is 2. The van der Waals surface area contributed by atoms with E-state index >= 15 is 0 Å². The fourth-order valence-corrected chi connectivity index (χ4v) is 3.98. The lowest BCUT2D eigenvalue weighted by molar-refractivity contribution is 0.370. The van der Waals surface area contributed by atoms with Crippen molar-refractivity contribution in [2.45, 2.75) is 12.8 Å². The summed E-state index contributed by atoms with van der Waals surface area (Å²) < 4.78 is 0. The van der Waals surface area contributed by atoms with Crippen molar-refractivity contribution in [3.8, 4) is 0 Å². The third-order valence-electron chi connectivity index (χ3n) is 4.70. The second-order valence-electron chi connectivity index (χ2n) is 6.46. The summed E-state index contributed by atoms with van der Waals surface area (Å²) >= 11 is 1.64. The molecule has 1 aliphatic rings. The Kier molecular flexibility index (Phi) is 4.08. The van der Waals surface area contributed by atoms with Gasteiger partial charge in [0.15, 0.2) is 0 Å². The van der Waals surface area contributed by atoms with Gasteiger partial charge in [-0.15, -0.1) is 11.3 Å². The van der Waals surface area contributed by atoms with Gasteiger partial charge < -0.3 is 15.3 Å². The number of aromatic amines is 1. The van der Waals surface area contributed by atoms with Crippen LogP contribution in [0.2, 0.25) is 0 Å². The zero-order chi connectivity index (χ0) is 16.5. The number of hydrogen-bond acceptors (Lipinski definition) is 3. The van der Waals surface area contributed by atoms with Crippen molar-refractivity contribution in [3.63, 3.8) is 0 Å². The number of nitrogens with zero attached hydrogens (tertiary/aromatic N) is 1. The van der Waals surface area contributed by atoms with Crippen molar-refractivity contribution in [3.05, 3.63) is 64.0 Å². The molecular formula is C20H21N3S. The molecule has 0 unspecified atom stereocenters. The van der Waals surface area contributed by atoms with Crippen molar-refractivity contribution in [2.24, 2.45) is 0 Å². The summed E-state index contributed by atoms with van der Waals surface area (Å²) in [7, 11) is 2.16. The van der Waals surface area contributed by atoms with Crippen LogP contribution in [-0.2, 0) is 6.42 Å². The predicted octanol–water partition coefficient (Wildman–Crippen LogP) is 4.56. The maximum absolute atomic E-state index is 8.31. The molecule has 3 aromatic rings. The Morgan fingerprint density at radius 3 is 3.00 bits per heavy atom. The van der Waals surface area contributed by atoms with Gasteiger partial charge >= 0.3 is 0 Å². The molecule has 2 aromatic heterocycles. The molecule has 0 spiro atoms. The highest BCUT2D eigenvalue weighted by Gasteiger charge is 2.14. The molecule has 4 heteroatoms. The molecular weight excluding hydrogens is 314 g/mol. The predicted molar refractivity (Wildman–Crippen MR) is 103 cm³/mol. The lowest BCUT2D eigenvalue weighted by atomic mass is 9.97. The number of benzene rings is 1. The van der Waals surface area contributed by atoms with E-state index in [0.717, 1.165) is 24.4 Å². The molecule has 3 nitrogen and oxygen atoms in total. The Bertz CT molecular complexity index is 902. The summed E-state index contributed by atoms with van der Waals surface area (Å²) in [5.74, 6) is 0. The minimum atomic E-state index is 0.683. The van der Waals surface area contributed by atoms with E-state index in [1.165, 1.54) is 27.6 Å². The Morgan fingerprint density at radius 2 is 2.25 bits per heavy atom. The summed E-state index contributed by atoms with van der Waals surface area (Å²) in [4.78, 5) is 6.80. The molecule has 24 heavy (non-hydrogen) atoms. The highest BCUT2D eigenvalue weighted by molar-refractivity contribution is 7.12. The number of fused-ring (bicyclic) bond motifs is 1. The Balaban J connectivity index is 1.65. The van der Waals surface area contributed by atoms with E-state index in [0.29, 0.717) is 12.1 Å². The molecule has 1 aliphatic heterocycles. The lowest BCUT2D eigenvalue weighted by Crippen LogP contribution is -2.23. The third-order valence-corrected chi connectivity index (χ3v) is 5.63. The topological polar surface area (TPSA) is 42.9 Å². The average Bonchev–Trinajstić information content (AvgIpc) is 3.25. The van der Waals surface area contributed by atoms with Gasteiger partial charge in [-0.25, -0.2) is 0 Å². The fourth-order valence-electron chi connectivity index (χ4n) is 3.30. The number of H-pyrrole nitrogens is 1. The quantitative estimate of drug-likeness (QED) is 0.674. The second kappa shape index (κ2) is 6.38. The molecule has 0 radical (unpaired) electrons. The maximum Gasteiger partial charge on any atom is 0.0529 e. The molecule has 0 saturated heterocycles. The first-order valence-electron chi connectivity index (χ1n) is 8.30. The minimum absolute atomic E-state index is 0.683. The zero-order valence-corrected chi connectivity index (χ0v) is 14.6. The summed E-state index contributed by atoms with van der Waals surface area (Å²) in [5.41, 5.74) is 5.83. The molecule has 0 atom stereocenters. The van der Waals surface area contributed by atoms with Gasteiger partial charge in [-0.3, -0.25) is 0 Å². The number of likely N-dealkylation sites (N-methyl/N-ethyl adjacent to an activating group) is 1. The third kappa shape index (κ3) is 2.95. The first-order valence-corrected chi connectivity index (χ1v) is 9.18. The van der Waals surface area contributed by atoms with Crippen LogP contribution in [-0.4, -0.2) is 35.7 Å². The molecule has 0 fully saturated rings. The maximum atomic E-state index is 8.31. The van der Waals surface area contributed by atoms with Gasteiger partial charge in [-0.05, 0) is 48.2 Å². The standard InChI is InChI=1S/C20H21N3S/c1-23-8-6-15(7-9-23)17-13-22-19-5-4-14(11-16(17)19)12-18(21)20-3-2-10-24-20/h2-6,10-11,13,21-22H,7-9,12H2,1H3. The van der Waals surface area contributed by atoms with E-state index in [9.17, 15) is 0 Å². The second-order valence-corrected chi connectivity index (χ2v) is 7.40. The van der Waals surface area contributed by atoms with Crippen LogP contribution in [0.1, 0.15) is 22.4 Å². The van der Waals surface area contributed by atoms with Crippen LogP contribution in [0.25, 0.3) is 16.5 Å². The van der Waals surface area contributed by atoms with Gasteiger partial charge in [0.1, 0.15) is 0 Å². The monoisotopic (exact) mass is 335 g/mol. The van der Waals surface area contributed by atoms with E-state index in [1.54, 1.807) is 11.3 Å². The highest BCUT2D eigenvalue weighted by atomic mass is 32.1. The molecule has 2 N–H and O–H groups in total. The average molecular weight is 335 g/mol. The number of aromatic nitrogens is 1. The van der Waals surface area contributed by atoms with Crippen LogP contribution in [0.5, 0.6) is 0 Å². The normalized spacial score (nSPS) is 15.6. The van der Waals surface area contributed by atoms with Gasteiger partial charge in [0.2, 0.25) is 0 Å². The first-order chi connectivity index (χ1) is 11.7. The van der Waals surface area contributed by atoms with Gasteiger partial charge in [-0.1, -0.05) is 18.2 Å². The summed E-state index contributed by atoms with van der Waals surface area (Å²) in [6.07, 6.45) is 6.25. The van der Waals surface area contributed by atoms with E-state index in [1.807, 2.05) is 17.5 Å². The van der Waals surface area contributed by atoms with Crippen molar-refractivity contribution in [2.75, 3.05) is 20.1 Å². The van der Waals surface area contributed by atoms with Gasteiger partial charge in [0.05, 0.1) is 5.71 Å². The molecule has 0 saturated carbocycles. The van der Waals surface area contributed by atoms with E-state index < -0.39 is 0 Å². The largest absolute Gasteiger partial charge is 0.361 e. The van der Waals surface area contributed by atoms with Crippen LogP contribution in [0.4, 0.5) is 0 Å². The Labute approximate surface area is 146 Å². The number of rotatable bonds is 4. The molecule has 1 aromatic carbocycles. The number of thiophene rings is 1. The first kappa shape index (κ1) is 15.4. The van der Waals surface area contributed by atoms with Gasteiger partial charge in [0, 0.05) is 47.1 Å². The van der Waals surface area contributed by atoms with Crippen LogP contribution >= 0.6 is 11.3 Å². The molecule has 0 bridgehead atoms. The van der Waals surface area contributed by atoms with Crippen molar-refractivity contribution in [1.29, 1.82) is 5.41 Å². The lowest BCUT2D eigenvalue weighted by Gasteiger charge is -2.21. The molecule has 122 valence electrons. The molecule has 0 amide bonds. The minimum Gasteiger partial charge on any atom is -0.361 e. The number of nitrogens with one attached hydrogen (secondary N) is 2. The van der Waals surface area contributed by atoms with Crippen molar-refractivity contribution in [1.82, 2.24) is 9.88 Å². The summed E-state index contributed by atoms with van der Waals surface area (Å²) in [6, 6.07) is 10.6. The van der Waals surface area contributed by atoms with Crippen molar-refractivity contribution >= 4 is 33.5 Å². The van der Waals surface area contributed by atoms with Gasteiger partial charge in [0.25, 0.3) is 0 Å². The Morgan fingerprint density at radius 1 is 1.33 bits per heavy atom. The van der Waals surface area contributed by atoms with Crippen LogP contribution in [0.3, 0.4) is 0 Å². The summed E-state index contributed by atoms with van der Waals surface area (Å²) in [5, 5.41) is 11.6. The van der Waals surface area contributed by atoms with Crippen LogP contribution in [0.15, 0.2) is 48.0 Å². The SMILES string of the molecule is CN1CC=C(c2c[nH]c3ccc(CC(=N)c4cccs4)cc23)CC1. The summed E-state index contributed by atoms with van der Waals surface area (Å²) in [6.45, 7) is 2.13. The van der Waals surface area contributed by atoms with E-state index in [4.69, 9.17) is 5.41 Å². The van der Waals surface area contributed by atoms with Crippen molar-refractivity contribution < 1.29 is 0 Å². The molecule has 0 aliphatic carbocycles. The smallest absolute Gasteiger partial charge is 0.0529 e. The molecule has 3 heterocycles. The Hall–Kier alpha value is -2.17. The molecule has 4 rings (SSSR count).